The molecular weight excluding hydrogens is 347 g/mol. The zero-order valence-electron chi connectivity index (χ0n) is 11.1. The molecule has 0 saturated heterocycles. The van der Waals surface area contributed by atoms with Crippen LogP contribution < -0.4 is 4.90 Å². The van der Waals surface area contributed by atoms with Gasteiger partial charge in [0.25, 0.3) is 0 Å². The molecule has 1 heterocycles. The van der Waals surface area contributed by atoms with E-state index in [2.05, 4.69) is 30.9 Å². The Kier molecular flexibility index (Phi) is 4.88. The Labute approximate surface area is 130 Å². The van der Waals surface area contributed by atoms with E-state index in [9.17, 15) is 4.39 Å². The van der Waals surface area contributed by atoms with Crippen LogP contribution in [-0.4, -0.2) is 28.0 Å². The van der Waals surface area contributed by atoms with Crippen molar-refractivity contribution in [2.75, 3.05) is 18.0 Å². The molecule has 0 N–H and O–H groups in total. The molecule has 106 valence electrons. The molecule has 0 unspecified atom stereocenters. The normalized spacial score (nSPS) is 10.7. The van der Waals surface area contributed by atoms with Gasteiger partial charge < -0.3 is 4.90 Å². The summed E-state index contributed by atoms with van der Waals surface area (Å²) in [5.74, 6) is 0.274. The lowest BCUT2D eigenvalue weighted by atomic mass is 10.2. The van der Waals surface area contributed by atoms with Crippen molar-refractivity contribution >= 4 is 33.5 Å². The Bertz CT molecular complexity index is 619. The predicted octanol–water partition coefficient (Wildman–Crippen LogP) is 3.94. The van der Waals surface area contributed by atoms with Crippen LogP contribution in [0.15, 0.2) is 22.7 Å². The van der Waals surface area contributed by atoms with Crippen LogP contribution in [-0.2, 0) is 0 Å². The summed E-state index contributed by atoms with van der Waals surface area (Å²) in [4.78, 5) is 14.3. The fourth-order valence-electron chi connectivity index (χ4n) is 1.78. The molecule has 1 aromatic carbocycles. The molecular formula is C13H13BrClFN4. The van der Waals surface area contributed by atoms with E-state index in [1.165, 1.54) is 6.07 Å². The monoisotopic (exact) mass is 358 g/mol. The van der Waals surface area contributed by atoms with Crippen molar-refractivity contribution in [2.45, 2.75) is 13.8 Å². The van der Waals surface area contributed by atoms with Crippen LogP contribution in [0.2, 0.25) is 5.28 Å². The SMILES string of the molecule is CCN(CC)c1nc(Cl)nc(-c2cc(Br)ccc2F)n1. The van der Waals surface area contributed by atoms with Gasteiger partial charge in [0.1, 0.15) is 5.82 Å². The van der Waals surface area contributed by atoms with E-state index in [1.807, 2.05) is 18.7 Å². The van der Waals surface area contributed by atoms with Gasteiger partial charge in [0.2, 0.25) is 11.2 Å². The number of benzene rings is 1. The zero-order chi connectivity index (χ0) is 14.7. The molecule has 0 spiro atoms. The highest BCUT2D eigenvalue weighted by Gasteiger charge is 2.14. The lowest BCUT2D eigenvalue weighted by Gasteiger charge is -2.18. The zero-order valence-corrected chi connectivity index (χ0v) is 13.4. The van der Waals surface area contributed by atoms with Gasteiger partial charge in [-0.25, -0.2) is 4.39 Å². The quantitative estimate of drug-likeness (QED) is 0.829. The molecule has 0 radical (unpaired) electrons. The summed E-state index contributed by atoms with van der Waals surface area (Å²) in [7, 11) is 0. The van der Waals surface area contributed by atoms with Crippen molar-refractivity contribution in [2.24, 2.45) is 0 Å². The molecule has 0 saturated carbocycles. The summed E-state index contributed by atoms with van der Waals surface area (Å²) in [6, 6.07) is 4.59. The summed E-state index contributed by atoms with van der Waals surface area (Å²) in [5.41, 5.74) is 0.289. The van der Waals surface area contributed by atoms with Crippen LogP contribution in [0.5, 0.6) is 0 Å². The van der Waals surface area contributed by atoms with Crippen LogP contribution in [0, 0.1) is 5.82 Å². The average molecular weight is 360 g/mol. The van der Waals surface area contributed by atoms with E-state index in [0.717, 1.165) is 17.6 Å². The van der Waals surface area contributed by atoms with Crippen molar-refractivity contribution in [1.29, 1.82) is 0 Å². The first-order chi connectivity index (χ1) is 9.55. The highest BCUT2D eigenvalue weighted by Crippen LogP contribution is 2.25. The number of anilines is 1. The largest absolute Gasteiger partial charge is 0.341 e. The van der Waals surface area contributed by atoms with Gasteiger partial charge >= 0.3 is 0 Å². The first-order valence-corrected chi connectivity index (χ1v) is 7.34. The molecule has 0 aliphatic rings. The summed E-state index contributed by atoms with van der Waals surface area (Å²) < 4.78 is 14.7. The van der Waals surface area contributed by atoms with Gasteiger partial charge in [0.05, 0.1) is 5.56 Å². The molecule has 7 heteroatoms. The molecule has 0 amide bonds. The molecule has 2 rings (SSSR count). The maximum atomic E-state index is 13.9. The lowest BCUT2D eigenvalue weighted by molar-refractivity contribution is 0.629. The second-order valence-electron chi connectivity index (χ2n) is 4.02. The van der Waals surface area contributed by atoms with Gasteiger partial charge in [-0.2, -0.15) is 15.0 Å². The average Bonchev–Trinajstić information content (AvgIpc) is 2.42. The van der Waals surface area contributed by atoms with Crippen LogP contribution in [0.4, 0.5) is 10.3 Å². The molecule has 1 aromatic heterocycles. The van der Waals surface area contributed by atoms with Crippen molar-refractivity contribution in [3.8, 4) is 11.4 Å². The second-order valence-corrected chi connectivity index (χ2v) is 5.28. The number of halogens is 3. The predicted molar refractivity (Wildman–Crippen MR) is 81.5 cm³/mol. The topological polar surface area (TPSA) is 41.9 Å². The van der Waals surface area contributed by atoms with Crippen molar-refractivity contribution in [3.63, 3.8) is 0 Å². The number of aromatic nitrogens is 3. The van der Waals surface area contributed by atoms with E-state index in [1.54, 1.807) is 12.1 Å². The van der Waals surface area contributed by atoms with Crippen LogP contribution >= 0.6 is 27.5 Å². The Morgan fingerprint density at radius 1 is 1.20 bits per heavy atom. The fourth-order valence-corrected chi connectivity index (χ4v) is 2.29. The van der Waals surface area contributed by atoms with E-state index in [-0.39, 0.29) is 16.7 Å². The molecule has 0 atom stereocenters. The van der Waals surface area contributed by atoms with E-state index >= 15 is 0 Å². The molecule has 0 fully saturated rings. The van der Waals surface area contributed by atoms with Gasteiger partial charge in [0.15, 0.2) is 5.82 Å². The molecule has 4 nitrogen and oxygen atoms in total. The fraction of sp³-hybridized carbons (Fsp3) is 0.308. The van der Waals surface area contributed by atoms with Crippen LogP contribution in [0.25, 0.3) is 11.4 Å². The minimum atomic E-state index is -0.402. The van der Waals surface area contributed by atoms with Gasteiger partial charge in [-0.3, -0.25) is 0 Å². The number of hydrogen-bond acceptors (Lipinski definition) is 4. The Balaban J connectivity index is 2.54. The molecule has 0 aliphatic carbocycles. The minimum absolute atomic E-state index is 0.0521. The van der Waals surface area contributed by atoms with Crippen molar-refractivity contribution in [3.05, 3.63) is 33.8 Å². The first-order valence-electron chi connectivity index (χ1n) is 6.17. The highest BCUT2D eigenvalue weighted by atomic mass is 79.9. The number of nitrogens with zero attached hydrogens (tertiary/aromatic N) is 4. The van der Waals surface area contributed by atoms with Crippen LogP contribution in [0.1, 0.15) is 13.8 Å². The Hall–Kier alpha value is -1.27. The molecule has 2 aromatic rings. The summed E-state index contributed by atoms with van der Waals surface area (Å²) in [6.07, 6.45) is 0. The maximum absolute atomic E-state index is 13.9. The minimum Gasteiger partial charge on any atom is -0.341 e. The summed E-state index contributed by atoms with van der Waals surface area (Å²) in [6.45, 7) is 5.44. The summed E-state index contributed by atoms with van der Waals surface area (Å²) >= 11 is 9.23. The van der Waals surface area contributed by atoms with Gasteiger partial charge in [-0.05, 0) is 43.6 Å². The Morgan fingerprint density at radius 3 is 2.55 bits per heavy atom. The second kappa shape index (κ2) is 6.45. The molecule has 20 heavy (non-hydrogen) atoms. The first kappa shape index (κ1) is 15.1. The summed E-state index contributed by atoms with van der Waals surface area (Å²) in [5, 5.41) is 0.0521. The van der Waals surface area contributed by atoms with Crippen molar-refractivity contribution < 1.29 is 4.39 Å². The standard InChI is InChI=1S/C13H13BrClFN4/c1-3-20(4-2)13-18-11(17-12(15)19-13)9-7-8(14)5-6-10(9)16/h5-7H,3-4H2,1-2H3. The third kappa shape index (κ3) is 3.24. The van der Waals surface area contributed by atoms with E-state index < -0.39 is 5.82 Å². The number of hydrogen-bond donors (Lipinski definition) is 0. The Morgan fingerprint density at radius 2 is 1.90 bits per heavy atom. The lowest BCUT2D eigenvalue weighted by Crippen LogP contribution is -2.24. The third-order valence-electron chi connectivity index (χ3n) is 2.81. The van der Waals surface area contributed by atoms with Gasteiger partial charge in [-0.1, -0.05) is 15.9 Å². The van der Waals surface area contributed by atoms with Crippen molar-refractivity contribution in [1.82, 2.24) is 15.0 Å². The highest BCUT2D eigenvalue weighted by molar-refractivity contribution is 9.10. The smallest absolute Gasteiger partial charge is 0.230 e. The number of rotatable bonds is 4. The van der Waals surface area contributed by atoms with E-state index in [0.29, 0.717) is 5.95 Å². The molecule has 0 aliphatic heterocycles. The molecule has 0 bridgehead atoms. The van der Waals surface area contributed by atoms with Gasteiger partial charge in [-0.15, -0.1) is 0 Å². The van der Waals surface area contributed by atoms with E-state index in [4.69, 9.17) is 11.6 Å². The van der Waals surface area contributed by atoms with Gasteiger partial charge in [0, 0.05) is 17.6 Å². The van der Waals surface area contributed by atoms with Crippen LogP contribution in [0.3, 0.4) is 0 Å². The third-order valence-corrected chi connectivity index (χ3v) is 3.47. The maximum Gasteiger partial charge on any atom is 0.230 e.